The Morgan fingerprint density at radius 3 is 2.68 bits per heavy atom. The third-order valence-electron chi connectivity index (χ3n) is 3.24. The van der Waals surface area contributed by atoms with E-state index in [0.717, 1.165) is 11.4 Å². The number of carbonyl (C=O) groups is 1. The van der Waals surface area contributed by atoms with Crippen LogP contribution < -0.4 is 4.31 Å². The van der Waals surface area contributed by atoms with Crippen LogP contribution in [0, 0.1) is 0 Å². The Bertz CT molecular complexity index is 757. The summed E-state index contributed by atoms with van der Waals surface area (Å²) in [5.74, 6) is -1.47. The molecule has 1 fully saturated rings. The normalized spacial score (nSPS) is 16.3. The first-order chi connectivity index (χ1) is 10.4. The van der Waals surface area contributed by atoms with Gasteiger partial charge in [-0.05, 0) is 13.1 Å². The molecule has 0 spiro atoms. The van der Waals surface area contributed by atoms with Crippen molar-refractivity contribution in [3.63, 3.8) is 0 Å². The van der Waals surface area contributed by atoms with Crippen LogP contribution in [-0.2, 0) is 14.8 Å². The molecule has 9 heteroatoms. The van der Waals surface area contributed by atoms with Gasteiger partial charge in [0.1, 0.15) is 5.69 Å². The summed E-state index contributed by atoms with van der Waals surface area (Å²) in [5.41, 5.74) is -0.305. The fourth-order valence-corrected chi connectivity index (χ4v) is 3.74. The second kappa shape index (κ2) is 5.76. The zero-order valence-corrected chi connectivity index (χ0v) is 12.8. The molecule has 0 radical (unpaired) electrons. The van der Waals surface area contributed by atoms with E-state index in [9.17, 15) is 18.3 Å². The van der Waals surface area contributed by atoms with Gasteiger partial charge < -0.3 is 9.84 Å². The molecule has 0 aromatic carbocycles. The van der Waals surface area contributed by atoms with Crippen molar-refractivity contribution in [2.24, 2.45) is 4.99 Å². The topological polar surface area (TPSA) is 109 Å². The summed E-state index contributed by atoms with van der Waals surface area (Å²) in [7, 11) is -2.41. The maximum Gasteiger partial charge on any atom is 0.360 e. The second-order valence-corrected chi connectivity index (χ2v) is 6.50. The van der Waals surface area contributed by atoms with Crippen molar-refractivity contribution in [2.75, 3.05) is 23.7 Å². The lowest BCUT2D eigenvalue weighted by atomic mass is 10.1. The molecule has 1 aromatic rings. The minimum Gasteiger partial charge on any atom is -0.504 e. The molecule has 0 unspecified atom stereocenters. The van der Waals surface area contributed by atoms with Crippen LogP contribution in [0.15, 0.2) is 11.6 Å². The molecule has 0 amide bonds. The molecule has 0 atom stereocenters. The molecule has 1 aliphatic rings. The van der Waals surface area contributed by atoms with E-state index in [0.29, 0.717) is 6.42 Å². The average molecular weight is 325 g/mol. The number of ether oxygens (including phenoxy) is 1. The Balaban J connectivity index is 2.80. The maximum absolute atomic E-state index is 12.1. The highest BCUT2D eigenvalue weighted by molar-refractivity contribution is 7.93. The van der Waals surface area contributed by atoms with Crippen LogP contribution in [0.4, 0.5) is 11.5 Å². The van der Waals surface area contributed by atoms with E-state index >= 15 is 0 Å². The number of hydrogen-bond acceptors (Lipinski definition) is 7. The van der Waals surface area contributed by atoms with Gasteiger partial charge in [-0.3, -0.25) is 9.30 Å². The minimum atomic E-state index is -3.53. The molecule has 2 rings (SSSR count). The lowest BCUT2D eigenvalue weighted by Crippen LogP contribution is -2.27. The summed E-state index contributed by atoms with van der Waals surface area (Å²) in [4.78, 5) is 19.4. The number of pyridine rings is 1. The van der Waals surface area contributed by atoms with Crippen molar-refractivity contribution in [1.29, 1.82) is 0 Å². The highest BCUT2D eigenvalue weighted by atomic mass is 32.2. The van der Waals surface area contributed by atoms with E-state index in [1.54, 1.807) is 0 Å². The smallest absolute Gasteiger partial charge is 0.360 e. The van der Waals surface area contributed by atoms with Gasteiger partial charge >= 0.3 is 5.97 Å². The number of aliphatic imine (C=N–C) groups is 1. The fraction of sp³-hybridized carbons (Fsp3) is 0.308. The van der Waals surface area contributed by atoms with Crippen LogP contribution in [0.25, 0.3) is 6.08 Å². The largest absolute Gasteiger partial charge is 0.504 e. The van der Waals surface area contributed by atoms with Crippen LogP contribution in [0.1, 0.15) is 22.5 Å². The zero-order valence-electron chi connectivity index (χ0n) is 11.9. The molecule has 1 saturated heterocycles. The van der Waals surface area contributed by atoms with E-state index in [4.69, 9.17) is 0 Å². The zero-order chi connectivity index (χ0) is 16.5. The molecule has 0 aliphatic carbocycles. The molecule has 8 nitrogen and oxygen atoms in total. The fourth-order valence-electron chi connectivity index (χ4n) is 2.22. The quantitative estimate of drug-likeness (QED) is 0.655. The number of carbonyl (C=O) groups excluding carboxylic acids is 1. The van der Waals surface area contributed by atoms with Gasteiger partial charge in [-0.2, -0.15) is 0 Å². The van der Waals surface area contributed by atoms with Crippen LogP contribution >= 0.6 is 0 Å². The SMILES string of the molecule is C=Cc1c(N2CCCS2(=O)=O)nc(C(=O)OC)c(O)c1N=C. The number of anilines is 1. The van der Waals surface area contributed by atoms with E-state index in [2.05, 4.69) is 28.0 Å². The lowest BCUT2D eigenvalue weighted by molar-refractivity contribution is 0.0590. The van der Waals surface area contributed by atoms with Crippen molar-refractivity contribution < 1.29 is 23.1 Å². The molecule has 0 bridgehead atoms. The number of methoxy groups -OCH3 is 1. The van der Waals surface area contributed by atoms with E-state index in [1.165, 1.54) is 6.08 Å². The van der Waals surface area contributed by atoms with Gasteiger partial charge in [0, 0.05) is 12.1 Å². The molecule has 2 heterocycles. The molecule has 22 heavy (non-hydrogen) atoms. The summed E-state index contributed by atoms with van der Waals surface area (Å²) < 4.78 is 29.8. The molecule has 118 valence electrons. The number of esters is 1. The van der Waals surface area contributed by atoms with Gasteiger partial charge in [0.05, 0.1) is 12.9 Å². The van der Waals surface area contributed by atoms with Crippen molar-refractivity contribution in [1.82, 2.24) is 4.98 Å². The molecule has 1 aromatic heterocycles. The summed E-state index contributed by atoms with van der Waals surface area (Å²) in [6.07, 6.45) is 1.74. The predicted octanol–water partition coefficient (Wildman–Crippen LogP) is 1.09. The monoisotopic (exact) mass is 325 g/mol. The van der Waals surface area contributed by atoms with Gasteiger partial charge in [0.25, 0.3) is 0 Å². The standard InChI is InChI=1S/C13H15N3O5S/c1-4-8-9(14-2)11(17)10(13(18)21-3)15-12(8)16-6-5-7-22(16,19)20/h4,17H,1-2,5-7H2,3H3. The molecule has 0 saturated carbocycles. The van der Waals surface area contributed by atoms with Crippen LogP contribution in [0.2, 0.25) is 0 Å². The first-order valence-electron chi connectivity index (χ1n) is 6.32. The summed E-state index contributed by atoms with van der Waals surface area (Å²) in [5, 5.41) is 10.1. The summed E-state index contributed by atoms with van der Waals surface area (Å²) >= 11 is 0. The Kier molecular flexibility index (Phi) is 4.18. The highest BCUT2D eigenvalue weighted by Crippen LogP contribution is 2.40. The summed E-state index contributed by atoms with van der Waals surface area (Å²) in [6, 6.07) is 0. The van der Waals surface area contributed by atoms with E-state index in [-0.39, 0.29) is 29.4 Å². The summed E-state index contributed by atoms with van der Waals surface area (Å²) in [6.45, 7) is 7.12. The van der Waals surface area contributed by atoms with Crippen LogP contribution in [0.5, 0.6) is 5.75 Å². The number of aromatic hydroxyl groups is 1. The lowest BCUT2D eigenvalue weighted by Gasteiger charge is -2.20. The van der Waals surface area contributed by atoms with E-state index < -0.39 is 27.4 Å². The van der Waals surface area contributed by atoms with Crippen molar-refractivity contribution >= 4 is 40.3 Å². The van der Waals surface area contributed by atoms with E-state index in [1.807, 2.05) is 0 Å². The number of nitrogens with zero attached hydrogens (tertiary/aromatic N) is 3. The Hall–Kier alpha value is -2.42. The van der Waals surface area contributed by atoms with Crippen molar-refractivity contribution in [3.05, 3.63) is 17.8 Å². The van der Waals surface area contributed by atoms with Crippen molar-refractivity contribution in [2.45, 2.75) is 6.42 Å². The van der Waals surface area contributed by atoms with Crippen molar-refractivity contribution in [3.8, 4) is 5.75 Å². The Labute approximate surface area is 127 Å². The number of rotatable bonds is 4. The number of hydrogen-bond donors (Lipinski definition) is 1. The molecular formula is C13H15N3O5S. The number of sulfonamides is 1. The van der Waals surface area contributed by atoms with Gasteiger partial charge in [0.2, 0.25) is 10.0 Å². The maximum atomic E-state index is 12.1. The Morgan fingerprint density at radius 1 is 1.55 bits per heavy atom. The van der Waals surface area contributed by atoms with Gasteiger partial charge in [-0.1, -0.05) is 12.7 Å². The highest BCUT2D eigenvalue weighted by Gasteiger charge is 2.34. The van der Waals surface area contributed by atoms with Gasteiger partial charge in [0.15, 0.2) is 17.3 Å². The van der Waals surface area contributed by atoms with Crippen LogP contribution in [0.3, 0.4) is 0 Å². The number of aromatic nitrogens is 1. The van der Waals surface area contributed by atoms with Crippen LogP contribution in [-0.4, -0.2) is 50.6 Å². The second-order valence-electron chi connectivity index (χ2n) is 4.49. The Morgan fingerprint density at radius 2 is 2.23 bits per heavy atom. The van der Waals surface area contributed by atoms with Gasteiger partial charge in [-0.15, -0.1) is 0 Å². The third-order valence-corrected chi connectivity index (χ3v) is 5.07. The third kappa shape index (κ3) is 2.43. The van der Waals surface area contributed by atoms with Gasteiger partial charge in [-0.25, -0.2) is 18.2 Å². The first-order valence-corrected chi connectivity index (χ1v) is 7.93. The first kappa shape index (κ1) is 16.0. The molecule has 1 N–H and O–H groups in total. The molecule has 1 aliphatic heterocycles. The molecular weight excluding hydrogens is 310 g/mol. The average Bonchev–Trinajstić information content (AvgIpc) is 2.85. The minimum absolute atomic E-state index is 0.0173. The predicted molar refractivity (Wildman–Crippen MR) is 82.3 cm³/mol.